The van der Waals surface area contributed by atoms with Gasteiger partial charge in [-0.05, 0) is 20.3 Å². The minimum absolute atomic E-state index is 0.636. The van der Waals surface area contributed by atoms with Gasteiger partial charge < -0.3 is 0 Å². The molecule has 0 saturated heterocycles. The highest BCUT2D eigenvalue weighted by Crippen LogP contribution is 1.94. The lowest BCUT2D eigenvalue weighted by Crippen LogP contribution is -2.25. The largest absolute Gasteiger partial charge is 0.274 e. The fourth-order valence-corrected chi connectivity index (χ4v) is 0.651. The highest BCUT2D eigenvalue weighted by Gasteiger charge is 2.00. The van der Waals surface area contributed by atoms with Gasteiger partial charge in [0.1, 0.15) is 0 Å². The molecule has 11 heavy (non-hydrogen) atoms. The van der Waals surface area contributed by atoms with E-state index in [-0.39, 0.29) is 0 Å². The SMILES string of the molecule is C=CCCN(OCC)OCC. The Morgan fingerprint density at radius 3 is 2.18 bits per heavy atom. The third-order valence-electron chi connectivity index (χ3n) is 1.06. The number of rotatable bonds is 7. The number of hydrogen-bond acceptors (Lipinski definition) is 3. The Labute approximate surface area is 68.5 Å². The van der Waals surface area contributed by atoms with E-state index in [0.29, 0.717) is 13.2 Å². The number of nitrogens with zero attached hydrogens (tertiary/aromatic N) is 1. The van der Waals surface area contributed by atoms with E-state index in [0.717, 1.165) is 13.0 Å². The van der Waals surface area contributed by atoms with Gasteiger partial charge in [-0.2, -0.15) is 0 Å². The van der Waals surface area contributed by atoms with Crippen molar-refractivity contribution in [2.24, 2.45) is 0 Å². The van der Waals surface area contributed by atoms with Gasteiger partial charge in [0, 0.05) is 0 Å². The molecule has 0 unspecified atom stereocenters. The lowest BCUT2D eigenvalue weighted by atomic mass is 10.4. The van der Waals surface area contributed by atoms with Crippen molar-refractivity contribution in [1.29, 1.82) is 0 Å². The first-order valence-electron chi connectivity index (χ1n) is 3.99. The zero-order valence-corrected chi connectivity index (χ0v) is 7.38. The van der Waals surface area contributed by atoms with Crippen LogP contribution in [-0.4, -0.2) is 25.0 Å². The lowest BCUT2D eigenvalue weighted by Gasteiger charge is -2.18. The van der Waals surface area contributed by atoms with Gasteiger partial charge >= 0.3 is 0 Å². The Morgan fingerprint density at radius 2 is 1.82 bits per heavy atom. The highest BCUT2D eigenvalue weighted by atomic mass is 16.9. The van der Waals surface area contributed by atoms with Gasteiger partial charge in [-0.3, -0.25) is 9.68 Å². The first kappa shape index (κ1) is 10.6. The van der Waals surface area contributed by atoms with Crippen molar-refractivity contribution in [1.82, 2.24) is 5.23 Å². The van der Waals surface area contributed by atoms with Gasteiger partial charge in [0.2, 0.25) is 0 Å². The van der Waals surface area contributed by atoms with Crippen LogP contribution in [0.3, 0.4) is 0 Å². The molecular weight excluding hydrogens is 142 g/mol. The molecular formula is C8H17NO2. The summed E-state index contributed by atoms with van der Waals surface area (Å²) >= 11 is 0. The predicted molar refractivity (Wildman–Crippen MR) is 44.8 cm³/mol. The molecule has 3 heteroatoms. The standard InChI is InChI=1S/C8H17NO2/c1-4-7-8-9(10-5-2)11-6-3/h4H,1,5-8H2,2-3H3. The van der Waals surface area contributed by atoms with Gasteiger partial charge in [0.15, 0.2) is 0 Å². The lowest BCUT2D eigenvalue weighted by molar-refractivity contribution is -0.363. The second kappa shape index (κ2) is 7.72. The zero-order chi connectivity index (χ0) is 8.53. The van der Waals surface area contributed by atoms with E-state index in [1.807, 2.05) is 19.9 Å². The van der Waals surface area contributed by atoms with Gasteiger partial charge in [0.25, 0.3) is 0 Å². The first-order chi connectivity index (χ1) is 5.35. The van der Waals surface area contributed by atoms with Crippen molar-refractivity contribution in [2.45, 2.75) is 20.3 Å². The molecule has 0 radical (unpaired) electrons. The molecule has 0 aliphatic heterocycles. The molecule has 66 valence electrons. The van der Waals surface area contributed by atoms with Crippen LogP contribution in [0.1, 0.15) is 20.3 Å². The molecule has 0 aliphatic carbocycles. The van der Waals surface area contributed by atoms with E-state index in [4.69, 9.17) is 9.68 Å². The first-order valence-corrected chi connectivity index (χ1v) is 3.99. The predicted octanol–water partition coefficient (Wildman–Crippen LogP) is 1.77. The summed E-state index contributed by atoms with van der Waals surface area (Å²) in [5, 5.41) is 1.50. The summed E-state index contributed by atoms with van der Waals surface area (Å²) < 4.78 is 0. The molecule has 3 nitrogen and oxygen atoms in total. The molecule has 0 atom stereocenters. The molecule has 0 aromatic heterocycles. The Hall–Kier alpha value is -0.380. The van der Waals surface area contributed by atoms with E-state index in [9.17, 15) is 0 Å². The van der Waals surface area contributed by atoms with Gasteiger partial charge in [-0.25, -0.2) is 0 Å². The summed E-state index contributed by atoms with van der Waals surface area (Å²) in [6.45, 7) is 9.49. The molecule has 0 heterocycles. The summed E-state index contributed by atoms with van der Waals surface area (Å²) in [7, 11) is 0. The molecule has 0 bridgehead atoms. The highest BCUT2D eigenvalue weighted by molar-refractivity contribution is 4.65. The quantitative estimate of drug-likeness (QED) is 0.417. The minimum Gasteiger partial charge on any atom is -0.274 e. The molecule has 0 aromatic carbocycles. The van der Waals surface area contributed by atoms with E-state index in [1.165, 1.54) is 5.23 Å². The van der Waals surface area contributed by atoms with Crippen molar-refractivity contribution in [3.8, 4) is 0 Å². The Bertz CT molecular complexity index is 90.1. The molecule has 0 rings (SSSR count). The summed E-state index contributed by atoms with van der Waals surface area (Å²) in [4.78, 5) is 10.3. The monoisotopic (exact) mass is 159 g/mol. The molecule has 0 fully saturated rings. The second-order valence-electron chi connectivity index (χ2n) is 1.97. The fourth-order valence-electron chi connectivity index (χ4n) is 0.651. The molecule has 0 amide bonds. The van der Waals surface area contributed by atoms with Crippen molar-refractivity contribution >= 4 is 0 Å². The van der Waals surface area contributed by atoms with Crippen molar-refractivity contribution < 1.29 is 9.68 Å². The summed E-state index contributed by atoms with van der Waals surface area (Å²) in [5.74, 6) is 0. The topological polar surface area (TPSA) is 21.7 Å². The van der Waals surface area contributed by atoms with Crippen LogP contribution < -0.4 is 0 Å². The van der Waals surface area contributed by atoms with Crippen molar-refractivity contribution in [3.63, 3.8) is 0 Å². The maximum Gasteiger partial charge on any atom is 0.0683 e. The minimum atomic E-state index is 0.636. The van der Waals surface area contributed by atoms with E-state index in [1.54, 1.807) is 0 Å². The van der Waals surface area contributed by atoms with Crippen LogP contribution in [0.4, 0.5) is 0 Å². The van der Waals surface area contributed by atoms with Crippen LogP contribution in [0.15, 0.2) is 12.7 Å². The number of hydroxylamine groups is 2. The third-order valence-corrected chi connectivity index (χ3v) is 1.06. The Balaban J connectivity index is 3.41. The molecule has 0 spiro atoms. The van der Waals surface area contributed by atoms with E-state index < -0.39 is 0 Å². The smallest absolute Gasteiger partial charge is 0.0683 e. The van der Waals surface area contributed by atoms with Gasteiger partial charge in [-0.1, -0.05) is 11.3 Å². The average Bonchev–Trinajstić information content (AvgIpc) is 2.01. The molecule has 0 N–H and O–H groups in total. The Kier molecular flexibility index (Phi) is 7.46. The van der Waals surface area contributed by atoms with Crippen molar-refractivity contribution in [2.75, 3.05) is 19.8 Å². The van der Waals surface area contributed by atoms with Gasteiger partial charge in [-0.15, -0.1) is 6.58 Å². The van der Waals surface area contributed by atoms with E-state index >= 15 is 0 Å². The van der Waals surface area contributed by atoms with Gasteiger partial charge in [0.05, 0.1) is 19.8 Å². The normalized spacial score (nSPS) is 10.5. The summed E-state index contributed by atoms with van der Waals surface area (Å²) in [6, 6.07) is 0. The van der Waals surface area contributed by atoms with Crippen molar-refractivity contribution in [3.05, 3.63) is 12.7 Å². The Morgan fingerprint density at radius 1 is 1.27 bits per heavy atom. The van der Waals surface area contributed by atoms with Crippen LogP contribution in [0.5, 0.6) is 0 Å². The maximum absolute atomic E-state index is 5.15. The molecule has 0 saturated carbocycles. The fraction of sp³-hybridized carbons (Fsp3) is 0.750. The molecule has 0 aliphatic rings. The maximum atomic E-state index is 5.15. The summed E-state index contributed by atoms with van der Waals surface area (Å²) in [6.07, 6.45) is 2.71. The molecule has 0 aromatic rings. The van der Waals surface area contributed by atoms with E-state index in [2.05, 4.69) is 6.58 Å². The third kappa shape index (κ3) is 6.04. The summed E-state index contributed by atoms with van der Waals surface area (Å²) in [5.41, 5.74) is 0. The average molecular weight is 159 g/mol. The van der Waals surface area contributed by atoms with Crippen LogP contribution in [0.25, 0.3) is 0 Å². The zero-order valence-electron chi connectivity index (χ0n) is 7.38. The van der Waals surface area contributed by atoms with Crippen LogP contribution >= 0.6 is 0 Å². The van der Waals surface area contributed by atoms with Crippen LogP contribution in [-0.2, 0) is 9.68 Å². The van der Waals surface area contributed by atoms with Crippen LogP contribution in [0.2, 0.25) is 0 Å². The van der Waals surface area contributed by atoms with Crippen LogP contribution in [0, 0.1) is 0 Å². The number of hydrogen-bond donors (Lipinski definition) is 0. The second-order valence-corrected chi connectivity index (χ2v) is 1.97.